The van der Waals surface area contributed by atoms with Crippen LogP contribution in [0.3, 0.4) is 0 Å². The van der Waals surface area contributed by atoms with E-state index in [1.807, 2.05) is 4.90 Å². The first-order valence-electron chi connectivity index (χ1n) is 5.21. The van der Waals surface area contributed by atoms with E-state index >= 15 is 0 Å². The predicted molar refractivity (Wildman–Crippen MR) is 59.6 cm³/mol. The van der Waals surface area contributed by atoms with Crippen LogP contribution in [0, 0.1) is 5.82 Å². The van der Waals surface area contributed by atoms with Crippen molar-refractivity contribution in [3.63, 3.8) is 0 Å². The molecule has 1 heterocycles. The molecule has 1 amide bonds. The predicted octanol–water partition coefficient (Wildman–Crippen LogP) is 0.0892. The summed E-state index contributed by atoms with van der Waals surface area (Å²) in [5.74, 6) is -0.647. The Morgan fingerprint density at radius 2 is 2.12 bits per heavy atom. The number of carbonyl (C=O) groups is 1. The zero-order chi connectivity index (χ0) is 11.5. The van der Waals surface area contributed by atoms with Gasteiger partial charge in [-0.3, -0.25) is 4.79 Å². The number of benzene rings is 1. The van der Waals surface area contributed by atoms with Crippen LogP contribution in [0.5, 0.6) is 0 Å². The number of piperazine rings is 1. The Kier molecular flexibility index (Phi) is 3.05. The summed E-state index contributed by atoms with van der Waals surface area (Å²) in [5.41, 5.74) is 6.16. The average molecular weight is 223 g/mol. The molecule has 0 aromatic heterocycles. The van der Waals surface area contributed by atoms with E-state index in [4.69, 9.17) is 5.73 Å². The number of nitrogens with two attached hydrogens (primary N) is 1. The smallest absolute Gasteiger partial charge is 0.241 e. The Morgan fingerprint density at radius 3 is 2.75 bits per heavy atom. The second kappa shape index (κ2) is 4.49. The third kappa shape index (κ3) is 2.14. The normalized spacial score (nSPS) is 20.8. The van der Waals surface area contributed by atoms with Crippen LogP contribution in [0.25, 0.3) is 0 Å². The lowest BCUT2D eigenvalue weighted by atomic mass is 10.1. The number of halogens is 1. The molecule has 5 heteroatoms. The molecule has 1 saturated heterocycles. The van der Waals surface area contributed by atoms with Crippen LogP contribution in [0.1, 0.15) is 0 Å². The van der Waals surface area contributed by atoms with Gasteiger partial charge in [0.15, 0.2) is 0 Å². The lowest BCUT2D eigenvalue weighted by molar-refractivity contribution is -0.119. The van der Waals surface area contributed by atoms with Gasteiger partial charge in [0.25, 0.3) is 0 Å². The molecule has 1 aromatic carbocycles. The molecule has 0 radical (unpaired) electrons. The quantitative estimate of drug-likeness (QED) is 0.747. The van der Waals surface area contributed by atoms with E-state index in [1.54, 1.807) is 12.1 Å². The van der Waals surface area contributed by atoms with Gasteiger partial charge < -0.3 is 16.0 Å². The lowest BCUT2D eigenvalue weighted by Gasteiger charge is -2.35. The maximum Gasteiger partial charge on any atom is 0.241 e. The molecule has 1 atom stereocenters. The Bertz CT molecular complexity index is 379. The van der Waals surface area contributed by atoms with E-state index in [0.29, 0.717) is 13.1 Å². The van der Waals surface area contributed by atoms with Gasteiger partial charge in [-0.1, -0.05) is 0 Å². The Hall–Kier alpha value is -1.62. The third-order valence-electron chi connectivity index (χ3n) is 2.73. The number of primary amides is 1. The highest BCUT2D eigenvalue weighted by Gasteiger charge is 2.26. The van der Waals surface area contributed by atoms with Crippen molar-refractivity contribution in [1.29, 1.82) is 0 Å². The second-order valence-corrected chi connectivity index (χ2v) is 3.79. The molecular weight excluding hydrogens is 209 g/mol. The first-order chi connectivity index (χ1) is 7.68. The summed E-state index contributed by atoms with van der Waals surface area (Å²) in [6.45, 7) is 2.02. The maximum absolute atomic E-state index is 12.8. The van der Waals surface area contributed by atoms with Gasteiger partial charge in [0.05, 0.1) is 0 Å². The van der Waals surface area contributed by atoms with Crippen LogP contribution in [0.4, 0.5) is 10.1 Å². The molecular formula is C11H14FN3O. The van der Waals surface area contributed by atoms with E-state index in [1.165, 1.54) is 12.1 Å². The van der Waals surface area contributed by atoms with Crippen molar-refractivity contribution in [3.05, 3.63) is 30.1 Å². The summed E-state index contributed by atoms with van der Waals surface area (Å²) in [7, 11) is 0. The molecule has 4 nitrogen and oxygen atoms in total. The van der Waals surface area contributed by atoms with Crippen LogP contribution >= 0.6 is 0 Å². The SMILES string of the molecule is NC(=O)C1CNCCN1c1ccc(F)cc1. The fourth-order valence-electron chi connectivity index (χ4n) is 1.90. The zero-order valence-electron chi connectivity index (χ0n) is 8.82. The summed E-state index contributed by atoms with van der Waals surface area (Å²) >= 11 is 0. The topological polar surface area (TPSA) is 58.4 Å². The summed E-state index contributed by atoms with van der Waals surface area (Å²) in [5, 5.41) is 3.11. The van der Waals surface area contributed by atoms with Crippen LogP contribution in [-0.4, -0.2) is 31.6 Å². The van der Waals surface area contributed by atoms with Crippen LogP contribution in [-0.2, 0) is 4.79 Å². The van der Waals surface area contributed by atoms with Gasteiger partial charge in [-0.25, -0.2) is 4.39 Å². The molecule has 0 saturated carbocycles. The monoisotopic (exact) mass is 223 g/mol. The van der Waals surface area contributed by atoms with Gasteiger partial charge in [0.1, 0.15) is 11.9 Å². The second-order valence-electron chi connectivity index (χ2n) is 3.79. The van der Waals surface area contributed by atoms with Gasteiger partial charge in [0, 0.05) is 25.3 Å². The fourth-order valence-corrected chi connectivity index (χ4v) is 1.90. The standard InChI is InChI=1S/C11H14FN3O/c12-8-1-3-9(4-2-8)15-6-5-14-7-10(15)11(13)16/h1-4,10,14H,5-7H2,(H2,13,16). The molecule has 86 valence electrons. The lowest BCUT2D eigenvalue weighted by Crippen LogP contribution is -2.57. The van der Waals surface area contributed by atoms with Crippen LogP contribution in [0.15, 0.2) is 24.3 Å². The van der Waals surface area contributed by atoms with Crippen molar-refractivity contribution in [2.24, 2.45) is 5.73 Å². The summed E-state index contributed by atoms with van der Waals surface area (Å²) in [4.78, 5) is 13.2. The third-order valence-corrected chi connectivity index (χ3v) is 2.73. The van der Waals surface area contributed by atoms with Crippen molar-refractivity contribution in [2.45, 2.75) is 6.04 Å². The maximum atomic E-state index is 12.8. The first kappa shape index (κ1) is 10.9. The average Bonchev–Trinajstić information content (AvgIpc) is 2.30. The molecule has 1 unspecified atom stereocenters. The minimum atomic E-state index is -0.364. The number of anilines is 1. The van der Waals surface area contributed by atoms with E-state index in [2.05, 4.69) is 5.32 Å². The Morgan fingerprint density at radius 1 is 1.44 bits per heavy atom. The van der Waals surface area contributed by atoms with Gasteiger partial charge in [-0.15, -0.1) is 0 Å². The van der Waals surface area contributed by atoms with E-state index in [-0.39, 0.29) is 17.8 Å². The highest BCUT2D eigenvalue weighted by molar-refractivity contribution is 5.84. The van der Waals surface area contributed by atoms with Crippen LogP contribution < -0.4 is 16.0 Å². The van der Waals surface area contributed by atoms with Crippen molar-refractivity contribution in [2.75, 3.05) is 24.5 Å². The summed E-state index contributed by atoms with van der Waals surface area (Å²) in [6.07, 6.45) is 0. The van der Waals surface area contributed by atoms with E-state index in [0.717, 1.165) is 12.2 Å². The summed E-state index contributed by atoms with van der Waals surface area (Å²) < 4.78 is 12.8. The molecule has 1 fully saturated rings. The van der Waals surface area contributed by atoms with E-state index < -0.39 is 0 Å². The largest absolute Gasteiger partial charge is 0.368 e. The molecule has 1 aliphatic heterocycles. The zero-order valence-corrected chi connectivity index (χ0v) is 8.82. The molecule has 16 heavy (non-hydrogen) atoms. The van der Waals surface area contributed by atoms with Gasteiger partial charge >= 0.3 is 0 Å². The molecule has 3 N–H and O–H groups in total. The van der Waals surface area contributed by atoms with Gasteiger partial charge in [-0.2, -0.15) is 0 Å². The number of hydrogen-bond donors (Lipinski definition) is 2. The molecule has 0 aliphatic carbocycles. The summed E-state index contributed by atoms with van der Waals surface area (Å²) in [6, 6.07) is 5.73. The highest BCUT2D eigenvalue weighted by atomic mass is 19.1. The van der Waals surface area contributed by atoms with Gasteiger partial charge in [0.2, 0.25) is 5.91 Å². The van der Waals surface area contributed by atoms with E-state index in [9.17, 15) is 9.18 Å². The van der Waals surface area contributed by atoms with Crippen LogP contribution in [0.2, 0.25) is 0 Å². The molecule has 1 aromatic rings. The number of nitrogens with zero attached hydrogens (tertiary/aromatic N) is 1. The first-order valence-corrected chi connectivity index (χ1v) is 5.21. The molecule has 0 spiro atoms. The number of nitrogens with one attached hydrogen (secondary N) is 1. The fraction of sp³-hybridized carbons (Fsp3) is 0.364. The Balaban J connectivity index is 2.23. The Labute approximate surface area is 93.2 Å². The van der Waals surface area contributed by atoms with Gasteiger partial charge in [-0.05, 0) is 24.3 Å². The highest BCUT2D eigenvalue weighted by Crippen LogP contribution is 2.18. The molecule has 0 bridgehead atoms. The number of amides is 1. The number of carbonyl (C=O) groups excluding carboxylic acids is 1. The van der Waals surface area contributed by atoms with Crippen molar-refractivity contribution < 1.29 is 9.18 Å². The van der Waals surface area contributed by atoms with Crippen molar-refractivity contribution in [3.8, 4) is 0 Å². The number of rotatable bonds is 2. The minimum Gasteiger partial charge on any atom is -0.368 e. The molecule has 1 aliphatic rings. The van der Waals surface area contributed by atoms with Crippen molar-refractivity contribution in [1.82, 2.24) is 5.32 Å². The molecule has 2 rings (SSSR count). The minimum absolute atomic E-state index is 0.283. The number of hydrogen-bond acceptors (Lipinski definition) is 3. The van der Waals surface area contributed by atoms with Crippen molar-refractivity contribution >= 4 is 11.6 Å².